The van der Waals surface area contributed by atoms with Crippen molar-refractivity contribution in [3.8, 4) is 5.75 Å². The maximum Gasteiger partial charge on any atom is 0.225 e. The lowest BCUT2D eigenvalue weighted by Crippen LogP contribution is -2.32. The average molecular weight is 373 g/mol. The summed E-state index contributed by atoms with van der Waals surface area (Å²) in [5.41, 5.74) is 5.64. The monoisotopic (exact) mass is 373 g/mol. The zero-order valence-corrected chi connectivity index (χ0v) is 15.8. The minimum atomic E-state index is 0.0276. The molecule has 1 aliphatic rings. The quantitative estimate of drug-likeness (QED) is 0.496. The first-order valence-electron chi connectivity index (χ1n) is 9.76. The van der Waals surface area contributed by atoms with Gasteiger partial charge in [-0.05, 0) is 54.7 Å². The summed E-state index contributed by atoms with van der Waals surface area (Å²) in [5, 5.41) is 5.56. The number of benzene rings is 2. The van der Waals surface area contributed by atoms with Gasteiger partial charge in [-0.2, -0.15) is 0 Å². The summed E-state index contributed by atoms with van der Waals surface area (Å²) >= 11 is 0. The zero-order chi connectivity index (χ0) is 19.1. The van der Waals surface area contributed by atoms with Gasteiger partial charge in [-0.3, -0.25) is 4.79 Å². The Morgan fingerprint density at radius 2 is 2.07 bits per heavy atom. The number of fused-ring (bicyclic) bond motifs is 4. The normalized spacial score (nSPS) is 16.2. The van der Waals surface area contributed by atoms with Gasteiger partial charge in [-0.1, -0.05) is 18.2 Å². The molecule has 142 valence electrons. The van der Waals surface area contributed by atoms with E-state index in [1.165, 1.54) is 10.9 Å². The van der Waals surface area contributed by atoms with Crippen molar-refractivity contribution < 1.29 is 9.53 Å². The second kappa shape index (κ2) is 6.75. The van der Waals surface area contributed by atoms with Crippen molar-refractivity contribution >= 4 is 27.7 Å². The number of methoxy groups -OCH3 is 1. The molecule has 5 nitrogen and oxygen atoms in total. The fraction of sp³-hybridized carbons (Fsp3) is 0.261. The van der Waals surface area contributed by atoms with Crippen molar-refractivity contribution in [3.05, 3.63) is 65.5 Å². The van der Waals surface area contributed by atoms with Crippen LogP contribution in [0.1, 0.15) is 35.7 Å². The molecule has 1 atom stereocenters. The van der Waals surface area contributed by atoms with E-state index in [-0.39, 0.29) is 11.9 Å². The maximum atomic E-state index is 12.8. The van der Waals surface area contributed by atoms with Crippen LogP contribution in [-0.4, -0.2) is 23.0 Å². The highest BCUT2D eigenvalue weighted by Crippen LogP contribution is 2.36. The number of aryl methyl sites for hydroxylation is 1. The van der Waals surface area contributed by atoms with Gasteiger partial charge in [-0.15, -0.1) is 0 Å². The van der Waals surface area contributed by atoms with Crippen molar-refractivity contribution in [2.24, 2.45) is 0 Å². The Bertz CT molecular complexity index is 1170. The van der Waals surface area contributed by atoms with Crippen LogP contribution in [0.25, 0.3) is 21.8 Å². The molecule has 0 saturated heterocycles. The molecule has 28 heavy (non-hydrogen) atoms. The molecule has 1 aliphatic carbocycles. The number of carbonyl (C=O) groups is 1. The van der Waals surface area contributed by atoms with Crippen LogP contribution in [-0.2, 0) is 17.6 Å². The van der Waals surface area contributed by atoms with Crippen LogP contribution in [0.2, 0.25) is 0 Å². The van der Waals surface area contributed by atoms with Crippen LogP contribution < -0.4 is 10.1 Å². The molecule has 0 saturated carbocycles. The Kier molecular flexibility index (Phi) is 4.08. The van der Waals surface area contributed by atoms with E-state index in [9.17, 15) is 4.79 Å². The summed E-state index contributed by atoms with van der Waals surface area (Å²) in [6, 6.07) is 14.2. The van der Waals surface area contributed by atoms with E-state index in [2.05, 4.69) is 33.5 Å². The van der Waals surface area contributed by atoms with E-state index >= 15 is 0 Å². The Balaban J connectivity index is 1.40. The van der Waals surface area contributed by atoms with Crippen LogP contribution in [0.3, 0.4) is 0 Å². The van der Waals surface area contributed by atoms with E-state index in [1.54, 1.807) is 7.11 Å². The van der Waals surface area contributed by atoms with Gasteiger partial charge in [0.1, 0.15) is 5.75 Å². The third-order valence-corrected chi connectivity index (χ3v) is 5.78. The van der Waals surface area contributed by atoms with Gasteiger partial charge in [0.25, 0.3) is 0 Å². The number of hydrogen-bond donors (Lipinski definition) is 3. The molecule has 0 fully saturated rings. The van der Waals surface area contributed by atoms with Gasteiger partial charge in [0, 0.05) is 33.7 Å². The van der Waals surface area contributed by atoms with Gasteiger partial charge in [0.2, 0.25) is 5.91 Å². The van der Waals surface area contributed by atoms with E-state index < -0.39 is 0 Å². The van der Waals surface area contributed by atoms with Gasteiger partial charge in [-0.25, -0.2) is 0 Å². The van der Waals surface area contributed by atoms with Gasteiger partial charge < -0.3 is 20.0 Å². The summed E-state index contributed by atoms with van der Waals surface area (Å²) < 4.78 is 5.38. The van der Waals surface area contributed by atoms with E-state index in [0.29, 0.717) is 6.42 Å². The van der Waals surface area contributed by atoms with E-state index in [0.717, 1.165) is 52.7 Å². The minimum absolute atomic E-state index is 0.0276. The third kappa shape index (κ3) is 2.83. The average Bonchev–Trinajstić information content (AvgIpc) is 3.30. The van der Waals surface area contributed by atoms with Gasteiger partial charge in [0.05, 0.1) is 19.6 Å². The predicted octanol–water partition coefficient (Wildman–Crippen LogP) is 4.39. The smallest absolute Gasteiger partial charge is 0.225 e. The number of rotatable bonds is 4. The lowest BCUT2D eigenvalue weighted by atomic mass is 9.91. The van der Waals surface area contributed by atoms with Crippen molar-refractivity contribution in [1.29, 1.82) is 0 Å². The molecule has 0 spiro atoms. The molecule has 0 aliphatic heterocycles. The van der Waals surface area contributed by atoms with E-state index in [4.69, 9.17) is 4.74 Å². The molecule has 4 aromatic rings. The summed E-state index contributed by atoms with van der Waals surface area (Å²) in [6.45, 7) is 0. The highest BCUT2D eigenvalue weighted by atomic mass is 16.5. The third-order valence-electron chi connectivity index (χ3n) is 5.78. The molecule has 0 bridgehead atoms. The topological polar surface area (TPSA) is 69.9 Å². The van der Waals surface area contributed by atoms with Crippen molar-refractivity contribution in [1.82, 2.24) is 15.3 Å². The standard InChI is InChI=1S/C23H23N3O2/c1-28-15-9-10-20-18(12-15)17-6-4-8-21(23(17)26-20)25-22(27)11-14-13-24-19-7-3-2-5-16(14)19/h2-3,5,7,9-10,12-13,21,24,26H,4,6,8,11H2,1H3,(H,25,27)/t21-/m0/s1. The van der Waals surface area contributed by atoms with Crippen molar-refractivity contribution in [2.75, 3.05) is 7.11 Å². The van der Waals surface area contributed by atoms with Crippen molar-refractivity contribution in [2.45, 2.75) is 31.7 Å². The number of carbonyl (C=O) groups excluding carboxylic acids is 1. The number of aromatic nitrogens is 2. The second-order valence-corrected chi connectivity index (χ2v) is 7.48. The van der Waals surface area contributed by atoms with Gasteiger partial charge >= 0.3 is 0 Å². The van der Waals surface area contributed by atoms with Crippen LogP contribution >= 0.6 is 0 Å². The molecule has 1 amide bonds. The number of hydrogen-bond acceptors (Lipinski definition) is 2. The Morgan fingerprint density at radius 1 is 1.18 bits per heavy atom. The molecule has 2 aromatic heterocycles. The molecule has 5 rings (SSSR count). The number of nitrogens with one attached hydrogen (secondary N) is 3. The van der Waals surface area contributed by atoms with E-state index in [1.807, 2.05) is 30.5 Å². The molecule has 2 aromatic carbocycles. The predicted molar refractivity (Wildman–Crippen MR) is 111 cm³/mol. The lowest BCUT2D eigenvalue weighted by molar-refractivity contribution is -0.121. The number of para-hydroxylation sites is 1. The molecule has 0 unspecified atom stereocenters. The highest BCUT2D eigenvalue weighted by Gasteiger charge is 2.26. The molecule has 0 radical (unpaired) electrons. The molecular formula is C23H23N3O2. The summed E-state index contributed by atoms with van der Waals surface area (Å²) in [7, 11) is 1.69. The molecule has 2 heterocycles. The number of amides is 1. The largest absolute Gasteiger partial charge is 0.497 e. The first-order valence-corrected chi connectivity index (χ1v) is 9.76. The van der Waals surface area contributed by atoms with Crippen molar-refractivity contribution in [3.63, 3.8) is 0 Å². The molecule has 3 N–H and O–H groups in total. The summed E-state index contributed by atoms with van der Waals surface area (Å²) in [6.07, 6.45) is 5.36. The fourth-order valence-corrected chi connectivity index (χ4v) is 4.41. The number of aromatic amines is 2. The first-order chi connectivity index (χ1) is 13.7. The minimum Gasteiger partial charge on any atom is -0.497 e. The van der Waals surface area contributed by atoms with Gasteiger partial charge in [0.15, 0.2) is 0 Å². The second-order valence-electron chi connectivity index (χ2n) is 7.48. The summed E-state index contributed by atoms with van der Waals surface area (Å²) in [4.78, 5) is 19.6. The number of H-pyrrole nitrogens is 2. The Labute approximate surface area is 163 Å². The van der Waals surface area contributed by atoms with Crippen LogP contribution in [0.5, 0.6) is 5.75 Å². The Hall–Kier alpha value is -3.21. The lowest BCUT2D eigenvalue weighted by Gasteiger charge is -2.24. The summed E-state index contributed by atoms with van der Waals surface area (Å²) in [5.74, 6) is 0.915. The highest BCUT2D eigenvalue weighted by molar-refractivity contribution is 5.90. The van der Waals surface area contributed by atoms with Crippen LogP contribution in [0.4, 0.5) is 0 Å². The number of ether oxygens (including phenoxy) is 1. The Morgan fingerprint density at radius 3 is 2.96 bits per heavy atom. The molecular weight excluding hydrogens is 350 g/mol. The maximum absolute atomic E-state index is 12.8. The molecule has 5 heteroatoms. The first kappa shape index (κ1) is 16.9. The SMILES string of the molecule is COc1ccc2[nH]c3c(c2c1)CCC[C@@H]3NC(=O)Cc1c[nH]c2ccccc12. The van der Waals surface area contributed by atoms with Crippen LogP contribution in [0.15, 0.2) is 48.7 Å². The zero-order valence-electron chi connectivity index (χ0n) is 15.8. The fourth-order valence-electron chi connectivity index (χ4n) is 4.41. The van der Waals surface area contributed by atoms with Crippen LogP contribution in [0, 0.1) is 0 Å².